The molecule has 1 aliphatic heterocycles. The summed E-state index contributed by atoms with van der Waals surface area (Å²) in [6.07, 6.45) is 5.32. The van der Waals surface area contributed by atoms with Gasteiger partial charge in [-0.25, -0.2) is 0 Å². The molecule has 116 valence electrons. The highest BCUT2D eigenvalue weighted by Crippen LogP contribution is 2.20. The molecule has 1 fully saturated rings. The molecule has 1 amide bonds. The Morgan fingerprint density at radius 2 is 2.43 bits per heavy atom. The molecular formula is C15H25N5O. The summed E-state index contributed by atoms with van der Waals surface area (Å²) in [5.74, 6) is 1.13. The second-order valence-electron chi connectivity index (χ2n) is 5.54. The van der Waals surface area contributed by atoms with Gasteiger partial charge in [-0.2, -0.15) is 5.10 Å². The van der Waals surface area contributed by atoms with E-state index in [-0.39, 0.29) is 11.9 Å². The Labute approximate surface area is 126 Å². The second kappa shape index (κ2) is 7.93. The SMILES string of the molecule is CNCCCC(=O)N(C)C1CCCN(c2cccnn2)C1. The highest BCUT2D eigenvalue weighted by Gasteiger charge is 2.26. The molecule has 0 spiro atoms. The largest absolute Gasteiger partial charge is 0.353 e. The van der Waals surface area contributed by atoms with E-state index in [1.54, 1.807) is 6.20 Å². The number of hydrogen-bond donors (Lipinski definition) is 1. The third-order valence-corrected chi connectivity index (χ3v) is 4.04. The standard InChI is InChI=1S/C15H25N5O/c1-16-9-4-8-15(21)19(2)13-6-5-11-20(12-13)14-7-3-10-17-18-14/h3,7,10,13,16H,4-6,8-9,11-12H2,1-2H3. The van der Waals surface area contributed by atoms with Crippen molar-refractivity contribution in [3.05, 3.63) is 18.3 Å². The van der Waals surface area contributed by atoms with Crippen molar-refractivity contribution in [2.24, 2.45) is 0 Å². The number of carbonyl (C=O) groups is 1. The molecule has 0 aromatic carbocycles. The van der Waals surface area contributed by atoms with E-state index in [0.717, 1.165) is 44.7 Å². The van der Waals surface area contributed by atoms with Crippen molar-refractivity contribution < 1.29 is 4.79 Å². The third-order valence-electron chi connectivity index (χ3n) is 4.04. The number of nitrogens with one attached hydrogen (secondary N) is 1. The lowest BCUT2D eigenvalue weighted by molar-refractivity contribution is -0.132. The zero-order valence-electron chi connectivity index (χ0n) is 13.0. The lowest BCUT2D eigenvalue weighted by Gasteiger charge is -2.38. The molecule has 0 bridgehead atoms. The van der Waals surface area contributed by atoms with Gasteiger partial charge >= 0.3 is 0 Å². The lowest BCUT2D eigenvalue weighted by Crippen LogP contribution is -2.49. The highest BCUT2D eigenvalue weighted by molar-refractivity contribution is 5.76. The van der Waals surface area contributed by atoms with Crippen LogP contribution in [0.2, 0.25) is 0 Å². The van der Waals surface area contributed by atoms with Crippen LogP contribution in [0.3, 0.4) is 0 Å². The molecule has 21 heavy (non-hydrogen) atoms. The van der Waals surface area contributed by atoms with Crippen LogP contribution in [0.5, 0.6) is 0 Å². The number of carbonyl (C=O) groups excluding carboxylic acids is 1. The molecule has 2 heterocycles. The molecule has 1 aromatic heterocycles. The maximum absolute atomic E-state index is 12.2. The van der Waals surface area contributed by atoms with Crippen molar-refractivity contribution in [1.29, 1.82) is 0 Å². The Morgan fingerprint density at radius 1 is 1.57 bits per heavy atom. The molecule has 1 aromatic rings. The minimum atomic E-state index is 0.233. The predicted octanol–water partition coefficient (Wildman–Crippen LogP) is 0.903. The average molecular weight is 291 g/mol. The van der Waals surface area contributed by atoms with Gasteiger partial charge in [-0.05, 0) is 45.0 Å². The summed E-state index contributed by atoms with van der Waals surface area (Å²) in [4.78, 5) is 16.3. The fourth-order valence-corrected chi connectivity index (χ4v) is 2.74. The van der Waals surface area contributed by atoms with Crippen LogP contribution >= 0.6 is 0 Å². The van der Waals surface area contributed by atoms with Crippen LogP contribution in [0.1, 0.15) is 25.7 Å². The van der Waals surface area contributed by atoms with Crippen LogP contribution < -0.4 is 10.2 Å². The predicted molar refractivity (Wildman–Crippen MR) is 83.2 cm³/mol. The van der Waals surface area contributed by atoms with Gasteiger partial charge in [0, 0.05) is 38.8 Å². The molecule has 1 N–H and O–H groups in total. The fraction of sp³-hybridized carbons (Fsp3) is 0.667. The summed E-state index contributed by atoms with van der Waals surface area (Å²) in [7, 11) is 3.83. The summed E-state index contributed by atoms with van der Waals surface area (Å²) in [6.45, 7) is 2.71. The van der Waals surface area contributed by atoms with Crippen LogP contribution in [0.4, 0.5) is 5.82 Å². The van der Waals surface area contributed by atoms with Gasteiger partial charge in [0.15, 0.2) is 5.82 Å². The molecule has 1 aliphatic rings. The number of anilines is 1. The number of likely N-dealkylation sites (N-methyl/N-ethyl adjacent to an activating group) is 1. The molecule has 1 unspecified atom stereocenters. The molecular weight excluding hydrogens is 266 g/mol. The van der Waals surface area contributed by atoms with Crippen LogP contribution in [0, 0.1) is 0 Å². The highest BCUT2D eigenvalue weighted by atomic mass is 16.2. The van der Waals surface area contributed by atoms with Crippen LogP contribution in [-0.2, 0) is 4.79 Å². The topological polar surface area (TPSA) is 61.4 Å². The van der Waals surface area contributed by atoms with Gasteiger partial charge in [-0.3, -0.25) is 4.79 Å². The monoisotopic (exact) mass is 291 g/mol. The number of amides is 1. The van der Waals surface area contributed by atoms with Gasteiger partial charge in [0.1, 0.15) is 0 Å². The Bertz CT molecular complexity index is 439. The summed E-state index contributed by atoms with van der Waals surface area (Å²) in [6, 6.07) is 4.14. The van der Waals surface area contributed by atoms with E-state index in [1.165, 1.54) is 0 Å². The van der Waals surface area contributed by atoms with Crippen molar-refractivity contribution in [2.45, 2.75) is 31.7 Å². The number of hydrogen-bond acceptors (Lipinski definition) is 5. The Kier molecular flexibility index (Phi) is 5.92. The van der Waals surface area contributed by atoms with Crippen molar-refractivity contribution in [1.82, 2.24) is 20.4 Å². The van der Waals surface area contributed by atoms with E-state index in [9.17, 15) is 4.79 Å². The van der Waals surface area contributed by atoms with E-state index >= 15 is 0 Å². The summed E-state index contributed by atoms with van der Waals surface area (Å²) < 4.78 is 0. The smallest absolute Gasteiger partial charge is 0.222 e. The average Bonchev–Trinajstić information content (AvgIpc) is 2.55. The molecule has 1 atom stereocenters. The minimum absolute atomic E-state index is 0.233. The lowest BCUT2D eigenvalue weighted by atomic mass is 10.0. The Morgan fingerprint density at radius 3 is 3.14 bits per heavy atom. The van der Waals surface area contributed by atoms with E-state index in [2.05, 4.69) is 20.4 Å². The van der Waals surface area contributed by atoms with Crippen molar-refractivity contribution in [2.75, 3.05) is 38.6 Å². The fourth-order valence-electron chi connectivity index (χ4n) is 2.74. The zero-order valence-corrected chi connectivity index (χ0v) is 13.0. The van der Waals surface area contributed by atoms with Crippen LogP contribution in [-0.4, -0.2) is 60.8 Å². The first-order valence-electron chi connectivity index (χ1n) is 7.65. The van der Waals surface area contributed by atoms with Gasteiger partial charge in [0.05, 0.1) is 0 Å². The Hall–Kier alpha value is -1.69. The van der Waals surface area contributed by atoms with Gasteiger partial charge in [0.25, 0.3) is 0 Å². The zero-order chi connectivity index (χ0) is 15.1. The van der Waals surface area contributed by atoms with Gasteiger partial charge in [0.2, 0.25) is 5.91 Å². The maximum Gasteiger partial charge on any atom is 0.222 e. The molecule has 0 saturated carbocycles. The second-order valence-corrected chi connectivity index (χ2v) is 5.54. The molecule has 2 rings (SSSR count). The van der Waals surface area contributed by atoms with Gasteiger partial charge < -0.3 is 15.1 Å². The number of nitrogens with zero attached hydrogens (tertiary/aromatic N) is 4. The molecule has 0 radical (unpaired) electrons. The molecule has 6 nitrogen and oxygen atoms in total. The number of rotatable bonds is 6. The number of piperidine rings is 1. The van der Waals surface area contributed by atoms with Crippen molar-refractivity contribution in [3.63, 3.8) is 0 Å². The molecule has 6 heteroatoms. The maximum atomic E-state index is 12.2. The van der Waals surface area contributed by atoms with Crippen LogP contribution in [0.15, 0.2) is 18.3 Å². The van der Waals surface area contributed by atoms with Gasteiger partial charge in [-0.15, -0.1) is 5.10 Å². The number of aromatic nitrogens is 2. The first-order chi connectivity index (χ1) is 10.2. The van der Waals surface area contributed by atoms with E-state index in [4.69, 9.17) is 0 Å². The quantitative estimate of drug-likeness (QED) is 0.789. The van der Waals surface area contributed by atoms with E-state index < -0.39 is 0 Å². The normalized spacial score (nSPS) is 18.6. The summed E-state index contributed by atoms with van der Waals surface area (Å²) >= 11 is 0. The summed E-state index contributed by atoms with van der Waals surface area (Å²) in [5, 5.41) is 11.2. The van der Waals surface area contributed by atoms with Crippen molar-refractivity contribution in [3.8, 4) is 0 Å². The molecule has 0 aliphatic carbocycles. The minimum Gasteiger partial charge on any atom is -0.353 e. The first-order valence-corrected chi connectivity index (χ1v) is 7.65. The first kappa shape index (κ1) is 15.7. The van der Waals surface area contributed by atoms with E-state index in [0.29, 0.717) is 6.42 Å². The Balaban J connectivity index is 1.89. The molecule has 1 saturated heterocycles. The van der Waals surface area contributed by atoms with Crippen molar-refractivity contribution >= 4 is 11.7 Å². The van der Waals surface area contributed by atoms with Crippen LogP contribution in [0.25, 0.3) is 0 Å². The van der Waals surface area contributed by atoms with Gasteiger partial charge in [-0.1, -0.05) is 0 Å². The van der Waals surface area contributed by atoms with E-state index in [1.807, 2.05) is 31.1 Å². The third kappa shape index (κ3) is 4.39. The summed E-state index contributed by atoms with van der Waals surface area (Å²) in [5.41, 5.74) is 0.